The zero-order valence-electron chi connectivity index (χ0n) is 22.3. The van der Waals surface area contributed by atoms with Gasteiger partial charge < -0.3 is 21.7 Å². The fourth-order valence-corrected chi connectivity index (χ4v) is 5.12. The third-order valence-electron chi connectivity index (χ3n) is 7.41. The number of anilines is 2. The summed E-state index contributed by atoms with van der Waals surface area (Å²) in [5, 5.41) is 13.2. The van der Waals surface area contributed by atoms with Gasteiger partial charge in [-0.15, -0.1) is 0 Å². The molecular formula is C28H30F3N7O2. The molecule has 0 aliphatic heterocycles. The molecule has 3 amide bonds. The van der Waals surface area contributed by atoms with Crippen LogP contribution in [0.4, 0.5) is 29.5 Å². The number of pyridine rings is 1. The fraction of sp³-hybridized carbons (Fsp3) is 0.357. The molecule has 2 aliphatic rings. The van der Waals surface area contributed by atoms with E-state index < -0.39 is 23.2 Å². The Morgan fingerprint density at radius 1 is 1.18 bits per heavy atom. The zero-order chi connectivity index (χ0) is 28.8. The predicted molar refractivity (Wildman–Crippen MR) is 146 cm³/mol. The van der Waals surface area contributed by atoms with Gasteiger partial charge in [0.2, 0.25) is 5.91 Å². The standard InChI is InChI=1S/C28H30F3N7O2/c1-4-33-25(39)27(10-11-27)21-14-19(22-23(32)37-38(3)24(22)36-21)16-8-9-20(15(2)12-16)35-26(40)34-18-7-5-6-17(13-18)28(29,30)31/h5-9,13-15H,4,10-12H2,1-3H3,(H2,32,37)(H,33,39)(H2,34,35,40). The molecule has 1 atom stereocenters. The highest BCUT2D eigenvalue weighted by atomic mass is 19.4. The first-order valence-corrected chi connectivity index (χ1v) is 13.0. The third-order valence-corrected chi connectivity index (χ3v) is 7.41. The largest absolute Gasteiger partial charge is 0.416 e. The number of benzene rings is 1. The number of allylic oxidation sites excluding steroid dienone is 4. The lowest BCUT2D eigenvalue weighted by molar-refractivity contribution is -0.137. The molecule has 1 aromatic carbocycles. The molecule has 5 rings (SSSR count). The summed E-state index contributed by atoms with van der Waals surface area (Å²) in [7, 11) is 1.76. The van der Waals surface area contributed by atoms with Crippen molar-refractivity contribution < 1.29 is 22.8 Å². The van der Waals surface area contributed by atoms with Gasteiger partial charge in [0.1, 0.15) is 0 Å². The van der Waals surface area contributed by atoms with Crippen LogP contribution in [0.2, 0.25) is 0 Å². The molecule has 1 fully saturated rings. The van der Waals surface area contributed by atoms with Crippen LogP contribution in [0.25, 0.3) is 16.6 Å². The zero-order valence-corrected chi connectivity index (χ0v) is 22.3. The van der Waals surface area contributed by atoms with Crippen LogP contribution >= 0.6 is 0 Å². The number of amides is 3. The minimum absolute atomic E-state index is 0.0347. The number of aryl methyl sites for hydroxylation is 1. The summed E-state index contributed by atoms with van der Waals surface area (Å²) < 4.78 is 40.7. The molecule has 12 heteroatoms. The van der Waals surface area contributed by atoms with E-state index in [9.17, 15) is 22.8 Å². The van der Waals surface area contributed by atoms with Crippen molar-refractivity contribution in [2.75, 3.05) is 17.6 Å². The van der Waals surface area contributed by atoms with Gasteiger partial charge in [-0.2, -0.15) is 18.3 Å². The number of hydrogen-bond acceptors (Lipinski definition) is 5. The molecule has 210 valence electrons. The van der Waals surface area contributed by atoms with E-state index in [1.807, 2.05) is 26.0 Å². The van der Waals surface area contributed by atoms with Gasteiger partial charge in [-0.1, -0.05) is 19.1 Å². The first kappa shape index (κ1) is 27.2. The Kier molecular flexibility index (Phi) is 6.80. The summed E-state index contributed by atoms with van der Waals surface area (Å²) in [6.07, 6.45) is 1.07. The van der Waals surface area contributed by atoms with Gasteiger partial charge in [0, 0.05) is 30.9 Å². The Morgan fingerprint density at radius 2 is 1.93 bits per heavy atom. The van der Waals surface area contributed by atoms with Crippen LogP contribution in [-0.2, 0) is 23.4 Å². The Morgan fingerprint density at radius 3 is 2.58 bits per heavy atom. The van der Waals surface area contributed by atoms with E-state index >= 15 is 0 Å². The number of nitrogens with zero attached hydrogens (tertiary/aromatic N) is 3. The number of carbonyl (C=O) groups excluding carboxylic acids is 2. The van der Waals surface area contributed by atoms with Gasteiger partial charge in [0.05, 0.1) is 22.1 Å². The van der Waals surface area contributed by atoms with E-state index in [-0.39, 0.29) is 17.5 Å². The molecule has 3 aromatic rings. The SMILES string of the molecule is CCNC(=O)C1(c2cc(C3=CC=C(NC(=O)Nc4cccc(C(F)(F)F)c4)C(C)C3)c3c(N)nn(C)c3n2)CC1. The van der Waals surface area contributed by atoms with Gasteiger partial charge in [-0.3, -0.25) is 4.79 Å². The molecule has 9 nitrogen and oxygen atoms in total. The highest BCUT2D eigenvalue weighted by Gasteiger charge is 2.53. The van der Waals surface area contributed by atoms with Gasteiger partial charge in [0.25, 0.3) is 0 Å². The van der Waals surface area contributed by atoms with Crippen LogP contribution < -0.4 is 21.7 Å². The van der Waals surface area contributed by atoms with Crippen molar-refractivity contribution in [2.24, 2.45) is 13.0 Å². The lowest BCUT2D eigenvalue weighted by Gasteiger charge is -2.24. The highest BCUT2D eigenvalue weighted by molar-refractivity contribution is 5.99. The highest BCUT2D eigenvalue weighted by Crippen LogP contribution is 2.49. The molecule has 40 heavy (non-hydrogen) atoms. The average molecular weight is 554 g/mol. The molecular weight excluding hydrogens is 523 g/mol. The van der Waals surface area contributed by atoms with Crippen LogP contribution in [0.5, 0.6) is 0 Å². The van der Waals surface area contributed by atoms with Gasteiger partial charge >= 0.3 is 12.2 Å². The van der Waals surface area contributed by atoms with E-state index in [1.165, 1.54) is 12.1 Å². The predicted octanol–water partition coefficient (Wildman–Crippen LogP) is 4.87. The number of fused-ring (bicyclic) bond motifs is 1. The molecule has 2 heterocycles. The van der Waals surface area contributed by atoms with E-state index in [4.69, 9.17) is 10.7 Å². The van der Waals surface area contributed by atoms with Crippen LogP contribution in [0.1, 0.15) is 49.9 Å². The van der Waals surface area contributed by atoms with Crippen molar-refractivity contribution in [2.45, 2.75) is 44.7 Å². The van der Waals surface area contributed by atoms with Crippen molar-refractivity contribution in [3.8, 4) is 0 Å². The van der Waals surface area contributed by atoms with Crippen molar-refractivity contribution >= 4 is 40.1 Å². The minimum Gasteiger partial charge on any atom is -0.382 e. The molecule has 2 aromatic heterocycles. The summed E-state index contributed by atoms with van der Waals surface area (Å²) >= 11 is 0. The van der Waals surface area contributed by atoms with Gasteiger partial charge in [0.15, 0.2) is 11.5 Å². The molecule has 0 radical (unpaired) electrons. The Bertz CT molecular complexity index is 1570. The maximum Gasteiger partial charge on any atom is 0.416 e. The topological polar surface area (TPSA) is 127 Å². The monoisotopic (exact) mass is 553 g/mol. The molecule has 2 aliphatic carbocycles. The normalized spacial score (nSPS) is 18.1. The summed E-state index contributed by atoms with van der Waals surface area (Å²) in [6, 6.07) is 5.74. The fourth-order valence-electron chi connectivity index (χ4n) is 5.12. The van der Waals surface area contributed by atoms with E-state index in [0.717, 1.165) is 23.3 Å². The number of halogens is 3. The third kappa shape index (κ3) is 5.01. The van der Waals surface area contributed by atoms with E-state index in [1.54, 1.807) is 17.8 Å². The van der Waals surface area contributed by atoms with Gasteiger partial charge in [-0.25, -0.2) is 14.5 Å². The number of nitrogen functional groups attached to an aromatic ring is 1. The Labute approximate surface area is 228 Å². The van der Waals surface area contributed by atoms with Crippen molar-refractivity contribution in [1.29, 1.82) is 0 Å². The first-order valence-electron chi connectivity index (χ1n) is 13.0. The van der Waals surface area contributed by atoms with Crippen LogP contribution in [-0.4, -0.2) is 33.2 Å². The lowest BCUT2D eigenvalue weighted by atomic mass is 9.86. The van der Waals surface area contributed by atoms with Crippen molar-refractivity contribution in [3.05, 3.63) is 65.0 Å². The maximum absolute atomic E-state index is 13.0. The average Bonchev–Trinajstić information content (AvgIpc) is 3.66. The van der Waals surface area contributed by atoms with Crippen molar-refractivity contribution in [1.82, 2.24) is 25.4 Å². The van der Waals surface area contributed by atoms with Crippen LogP contribution in [0.15, 0.2) is 48.2 Å². The number of nitrogens with two attached hydrogens (primary N) is 1. The lowest BCUT2D eigenvalue weighted by Crippen LogP contribution is -2.35. The van der Waals surface area contributed by atoms with E-state index in [2.05, 4.69) is 21.0 Å². The number of carbonyl (C=O) groups is 2. The van der Waals surface area contributed by atoms with Gasteiger partial charge in [-0.05, 0) is 67.7 Å². The summed E-state index contributed by atoms with van der Waals surface area (Å²) in [5.74, 6) is 0.151. The Balaban J connectivity index is 1.43. The number of urea groups is 1. The second kappa shape index (κ2) is 10.00. The maximum atomic E-state index is 13.0. The summed E-state index contributed by atoms with van der Waals surface area (Å²) in [5.41, 5.74) is 8.43. The quantitative estimate of drug-likeness (QED) is 0.347. The van der Waals surface area contributed by atoms with Crippen LogP contribution in [0.3, 0.4) is 0 Å². The number of rotatable bonds is 6. The second-order valence-corrected chi connectivity index (χ2v) is 10.3. The number of alkyl halides is 3. The molecule has 0 bridgehead atoms. The summed E-state index contributed by atoms with van der Waals surface area (Å²) in [6.45, 7) is 4.34. The van der Waals surface area contributed by atoms with E-state index in [0.29, 0.717) is 54.0 Å². The number of nitrogens with one attached hydrogen (secondary N) is 3. The minimum atomic E-state index is -4.51. The molecule has 5 N–H and O–H groups in total. The first-order chi connectivity index (χ1) is 18.9. The molecule has 0 spiro atoms. The number of aromatic nitrogens is 3. The second-order valence-electron chi connectivity index (χ2n) is 10.3. The molecule has 1 unspecified atom stereocenters. The van der Waals surface area contributed by atoms with Crippen LogP contribution in [0, 0.1) is 5.92 Å². The molecule has 0 saturated heterocycles. The van der Waals surface area contributed by atoms with Crippen molar-refractivity contribution in [3.63, 3.8) is 0 Å². The number of hydrogen-bond donors (Lipinski definition) is 4. The summed E-state index contributed by atoms with van der Waals surface area (Å²) in [4.78, 5) is 30.3. The Hall–Kier alpha value is -4.35. The molecule has 1 saturated carbocycles. The number of likely N-dealkylation sites (N-methyl/N-ethyl adjacent to an activating group) is 1. The smallest absolute Gasteiger partial charge is 0.382 e.